The average molecular weight is 394 g/mol. The highest BCUT2D eigenvalue weighted by Crippen LogP contribution is 2.29. The van der Waals surface area contributed by atoms with Crippen molar-refractivity contribution in [2.45, 2.75) is 19.5 Å². The summed E-state index contributed by atoms with van der Waals surface area (Å²) < 4.78 is 34.1. The largest absolute Gasteiger partial charge is 0.493 e. The molecule has 0 atom stereocenters. The molecule has 0 unspecified atom stereocenters. The van der Waals surface area contributed by atoms with E-state index in [1.807, 2.05) is 0 Å². The molecule has 0 spiro atoms. The summed E-state index contributed by atoms with van der Waals surface area (Å²) in [7, 11) is 1.40. The molecular formula is C17H26ClF2N3O3. The lowest BCUT2D eigenvalue weighted by molar-refractivity contribution is -0.122. The molecule has 26 heavy (non-hydrogen) atoms. The number of benzene rings is 1. The monoisotopic (exact) mass is 393 g/mol. The first-order valence-electron chi connectivity index (χ1n) is 8.40. The molecule has 1 aromatic rings. The maximum Gasteiger partial charge on any atom is 0.387 e. The lowest BCUT2D eigenvalue weighted by Gasteiger charge is -2.18. The van der Waals surface area contributed by atoms with Gasteiger partial charge in [0.25, 0.3) is 0 Å². The van der Waals surface area contributed by atoms with Gasteiger partial charge in [0.05, 0.1) is 13.7 Å². The van der Waals surface area contributed by atoms with Gasteiger partial charge in [-0.3, -0.25) is 9.69 Å². The van der Waals surface area contributed by atoms with Crippen molar-refractivity contribution in [3.63, 3.8) is 0 Å². The minimum atomic E-state index is -2.90. The third-order valence-electron chi connectivity index (χ3n) is 3.98. The third-order valence-corrected chi connectivity index (χ3v) is 3.98. The molecule has 0 bridgehead atoms. The van der Waals surface area contributed by atoms with Crippen LogP contribution in [0.25, 0.3) is 0 Å². The fourth-order valence-electron chi connectivity index (χ4n) is 2.73. The molecule has 1 saturated heterocycles. The first-order valence-corrected chi connectivity index (χ1v) is 8.40. The Balaban J connectivity index is 0.00000338. The van der Waals surface area contributed by atoms with Crippen LogP contribution in [0.3, 0.4) is 0 Å². The maximum atomic E-state index is 12.3. The summed E-state index contributed by atoms with van der Waals surface area (Å²) in [5, 5.41) is 6.19. The summed E-state index contributed by atoms with van der Waals surface area (Å²) >= 11 is 0. The fraction of sp³-hybridized carbons (Fsp3) is 0.588. The van der Waals surface area contributed by atoms with E-state index in [0.717, 1.165) is 38.2 Å². The molecule has 2 rings (SSSR count). The van der Waals surface area contributed by atoms with Crippen LogP contribution in [-0.2, 0) is 11.2 Å². The van der Waals surface area contributed by atoms with Crippen molar-refractivity contribution in [3.05, 3.63) is 23.8 Å². The number of rotatable bonds is 8. The highest BCUT2D eigenvalue weighted by molar-refractivity contribution is 5.85. The highest BCUT2D eigenvalue weighted by Gasteiger charge is 2.13. The number of carbonyl (C=O) groups excluding carboxylic acids is 1. The van der Waals surface area contributed by atoms with Crippen LogP contribution < -0.4 is 20.1 Å². The van der Waals surface area contributed by atoms with Gasteiger partial charge < -0.3 is 20.1 Å². The fourth-order valence-corrected chi connectivity index (χ4v) is 2.73. The van der Waals surface area contributed by atoms with Gasteiger partial charge in [-0.25, -0.2) is 0 Å². The summed E-state index contributed by atoms with van der Waals surface area (Å²) in [6.07, 6.45) is 1.62. The number of hydrogen-bond donors (Lipinski definition) is 2. The Bertz CT molecular complexity index is 556. The van der Waals surface area contributed by atoms with Gasteiger partial charge in [0.2, 0.25) is 5.91 Å². The van der Waals surface area contributed by atoms with Crippen molar-refractivity contribution in [3.8, 4) is 11.5 Å². The predicted molar refractivity (Wildman–Crippen MR) is 97.5 cm³/mol. The number of nitrogens with one attached hydrogen (secondary N) is 2. The zero-order chi connectivity index (χ0) is 18.1. The number of hydrogen-bond acceptors (Lipinski definition) is 5. The summed E-state index contributed by atoms with van der Waals surface area (Å²) in [6.45, 7) is 1.66. The Hall–Kier alpha value is -1.64. The molecular weight excluding hydrogens is 368 g/mol. The van der Waals surface area contributed by atoms with Gasteiger partial charge in [-0.1, -0.05) is 6.07 Å². The number of methoxy groups -OCH3 is 1. The minimum absolute atomic E-state index is 0. The van der Waals surface area contributed by atoms with Crippen LogP contribution in [-0.4, -0.2) is 63.8 Å². The summed E-state index contributed by atoms with van der Waals surface area (Å²) in [4.78, 5) is 14.1. The molecule has 0 saturated carbocycles. The molecule has 148 valence electrons. The second kappa shape index (κ2) is 11.9. The van der Waals surface area contributed by atoms with Crippen LogP contribution in [0.2, 0.25) is 0 Å². The van der Waals surface area contributed by atoms with E-state index in [1.165, 1.54) is 13.2 Å². The third kappa shape index (κ3) is 7.72. The Morgan fingerprint density at radius 1 is 1.31 bits per heavy atom. The quantitative estimate of drug-likeness (QED) is 0.703. The molecule has 0 radical (unpaired) electrons. The first-order chi connectivity index (χ1) is 12.1. The van der Waals surface area contributed by atoms with Gasteiger partial charge in [-0.15, -0.1) is 12.4 Å². The first kappa shape index (κ1) is 22.4. The number of carbonyl (C=O) groups is 1. The van der Waals surface area contributed by atoms with Crippen molar-refractivity contribution in [1.82, 2.24) is 15.5 Å². The van der Waals surface area contributed by atoms with E-state index >= 15 is 0 Å². The number of ether oxygens (including phenoxy) is 2. The van der Waals surface area contributed by atoms with Gasteiger partial charge in [0, 0.05) is 19.6 Å². The van der Waals surface area contributed by atoms with Crippen LogP contribution in [0.1, 0.15) is 12.0 Å². The van der Waals surface area contributed by atoms with Crippen LogP contribution in [0.5, 0.6) is 11.5 Å². The molecule has 0 aromatic heterocycles. The van der Waals surface area contributed by atoms with Crippen molar-refractivity contribution in [2.75, 3.05) is 46.4 Å². The molecule has 1 amide bonds. The topological polar surface area (TPSA) is 62.8 Å². The van der Waals surface area contributed by atoms with Crippen molar-refractivity contribution in [1.29, 1.82) is 0 Å². The SMILES string of the molecule is COc1cc(CCNC(=O)CN2CCCNCC2)ccc1OC(F)F.Cl. The Morgan fingerprint density at radius 3 is 2.85 bits per heavy atom. The van der Waals surface area contributed by atoms with Crippen LogP contribution >= 0.6 is 12.4 Å². The van der Waals surface area contributed by atoms with E-state index in [2.05, 4.69) is 20.3 Å². The Labute approximate surface area is 158 Å². The van der Waals surface area contributed by atoms with E-state index in [4.69, 9.17) is 4.74 Å². The molecule has 6 nitrogen and oxygen atoms in total. The molecule has 1 fully saturated rings. The number of alkyl halides is 2. The van der Waals surface area contributed by atoms with E-state index in [9.17, 15) is 13.6 Å². The maximum absolute atomic E-state index is 12.3. The van der Waals surface area contributed by atoms with Gasteiger partial charge in [-0.2, -0.15) is 8.78 Å². The standard InChI is InChI=1S/C17H25F2N3O3.ClH/c1-24-15-11-13(3-4-14(15)25-17(18)19)5-7-21-16(23)12-22-9-2-6-20-8-10-22;/h3-4,11,17,20H,2,5-10,12H2,1H3,(H,21,23);1H. The second-order valence-electron chi connectivity index (χ2n) is 5.84. The minimum Gasteiger partial charge on any atom is -0.493 e. The van der Waals surface area contributed by atoms with E-state index in [1.54, 1.807) is 12.1 Å². The Kier molecular flexibility index (Phi) is 10.2. The molecule has 1 heterocycles. The highest BCUT2D eigenvalue weighted by atomic mass is 35.5. The molecule has 9 heteroatoms. The number of nitrogens with zero attached hydrogens (tertiary/aromatic N) is 1. The van der Waals surface area contributed by atoms with Gasteiger partial charge in [-0.05, 0) is 43.6 Å². The summed E-state index contributed by atoms with van der Waals surface area (Å²) in [6, 6.07) is 4.78. The van der Waals surface area contributed by atoms with Crippen LogP contribution in [0.15, 0.2) is 18.2 Å². The number of amides is 1. The second-order valence-corrected chi connectivity index (χ2v) is 5.84. The molecule has 1 aromatic carbocycles. The predicted octanol–water partition coefficient (Wildman–Crippen LogP) is 1.67. The van der Waals surface area contributed by atoms with E-state index in [0.29, 0.717) is 19.5 Å². The lowest BCUT2D eigenvalue weighted by atomic mass is 10.1. The van der Waals surface area contributed by atoms with Gasteiger partial charge >= 0.3 is 6.61 Å². The van der Waals surface area contributed by atoms with Crippen molar-refractivity contribution in [2.24, 2.45) is 0 Å². The Morgan fingerprint density at radius 2 is 2.12 bits per heavy atom. The number of halogens is 3. The normalized spacial score (nSPS) is 15.1. The molecule has 1 aliphatic rings. The van der Waals surface area contributed by atoms with Crippen LogP contribution in [0.4, 0.5) is 8.78 Å². The van der Waals surface area contributed by atoms with Crippen LogP contribution in [0, 0.1) is 0 Å². The summed E-state index contributed by atoms with van der Waals surface area (Å²) in [5.74, 6) is 0.243. The smallest absolute Gasteiger partial charge is 0.387 e. The van der Waals surface area contributed by atoms with Crippen molar-refractivity contribution >= 4 is 18.3 Å². The van der Waals surface area contributed by atoms with E-state index < -0.39 is 6.61 Å². The molecule has 0 aliphatic carbocycles. The van der Waals surface area contributed by atoms with E-state index in [-0.39, 0.29) is 29.8 Å². The van der Waals surface area contributed by atoms with Gasteiger partial charge in [0.1, 0.15) is 0 Å². The van der Waals surface area contributed by atoms with Crippen molar-refractivity contribution < 1.29 is 23.0 Å². The average Bonchev–Trinajstić information content (AvgIpc) is 2.84. The zero-order valence-electron chi connectivity index (χ0n) is 14.8. The zero-order valence-corrected chi connectivity index (χ0v) is 15.6. The molecule has 1 aliphatic heterocycles. The summed E-state index contributed by atoms with van der Waals surface area (Å²) in [5.41, 5.74) is 0.873. The molecule has 2 N–H and O–H groups in total. The lowest BCUT2D eigenvalue weighted by Crippen LogP contribution is -2.39. The van der Waals surface area contributed by atoms with Gasteiger partial charge in [0.15, 0.2) is 11.5 Å².